The van der Waals surface area contributed by atoms with Gasteiger partial charge in [0.15, 0.2) is 5.82 Å². The van der Waals surface area contributed by atoms with Gasteiger partial charge < -0.3 is 9.42 Å². The molecule has 4 rings (SSSR count). The van der Waals surface area contributed by atoms with E-state index in [0.29, 0.717) is 24.2 Å². The first-order valence-corrected chi connectivity index (χ1v) is 9.19. The molecule has 1 atom stereocenters. The molecule has 2 aromatic heterocycles. The van der Waals surface area contributed by atoms with Gasteiger partial charge >= 0.3 is 0 Å². The zero-order valence-electron chi connectivity index (χ0n) is 14.6. The van der Waals surface area contributed by atoms with Crippen LogP contribution in [0.1, 0.15) is 51.3 Å². The first-order chi connectivity index (χ1) is 12.2. The van der Waals surface area contributed by atoms with Crippen LogP contribution in [0, 0.1) is 5.92 Å². The summed E-state index contributed by atoms with van der Waals surface area (Å²) in [7, 11) is 0. The molecule has 2 fully saturated rings. The van der Waals surface area contributed by atoms with Crippen LogP contribution in [0.25, 0.3) is 11.5 Å². The minimum absolute atomic E-state index is 0.222. The molecule has 3 heterocycles. The normalized spacial score (nSPS) is 24.6. The van der Waals surface area contributed by atoms with Gasteiger partial charge in [0.2, 0.25) is 5.91 Å². The van der Waals surface area contributed by atoms with Crippen molar-refractivity contribution < 1.29 is 9.32 Å². The van der Waals surface area contributed by atoms with Crippen LogP contribution < -0.4 is 0 Å². The summed E-state index contributed by atoms with van der Waals surface area (Å²) in [5.74, 6) is 1.75. The molecule has 1 amide bonds. The Hall–Kier alpha value is -2.24. The van der Waals surface area contributed by atoms with Crippen molar-refractivity contribution in [3.63, 3.8) is 0 Å². The molecule has 1 aliphatic heterocycles. The van der Waals surface area contributed by atoms with Gasteiger partial charge in [0.25, 0.3) is 5.89 Å². The van der Waals surface area contributed by atoms with Gasteiger partial charge in [-0.2, -0.15) is 4.98 Å². The third-order valence-electron chi connectivity index (χ3n) is 5.61. The molecule has 1 saturated carbocycles. The van der Waals surface area contributed by atoms with E-state index in [2.05, 4.69) is 22.0 Å². The molecule has 1 saturated heterocycles. The van der Waals surface area contributed by atoms with E-state index in [1.165, 1.54) is 12.8 Å². The third kappa shape index (κ3) is 3.17. The van der Waals surface area contributed by atoms with Crippen molar-refractivity contribution in [2.24, 2.45) is 5.92 Å². The Kier molecular flexibility index (Phi) is 4.27. The molecule has 2 aromatic rings. The summed E-state index contributed by atoms with van der Waals surface area (Å²) >= 11 is 0. The molecule has 6 heteroatoms. The van der Waals surface area contributed by atoms with Crippen molar-refractivity contribution in [2.75, 3.05) is 13.1 Å². The molecule has 1 aliphatic carbocycles. The molecule has 0 aromatic carbocycles. The number of hydrogen-bond donors (Lipinski definition) is 0. The standard InChI is InChI=1S/C19H24N4O2/c1-19(18-21-16(25-22-18)14-7-10-20-11-8-14)9-4-12-23(13-19)17(24)15-5-2-3-6-15/h7-8,10-11,15H,2-6,9,12-13H2,1H3. The zero-order valence-corrected chi connectivity index (χ0v) is 14.6. The topological polar surface area (TPSA) is 72.1 Å². The Bertz CT molecular complexity index is 739. The number of hydrogen-bond acceptors (Lipinski definition) is 5. The van der Waals surface area contributed by atoms with Gasteiger partial charge in [0, 0.05) is 42.4 Å². The van der Waals surface area contributed by atoms with Crippen LogP contribution in [-0.2, 0) is 10.2 Å². The van der Waals surface area contributed by atoms with E-state index in [4.69, 9.17) is 4.52 Å². The predicted octanol–water partition coefficient (Wildman–Crippen LogP) is 3.20. The quantitative estimate of drug-likeness (QED) is 0.858. The Labute approximate surface area is 147 Å². The maximum Gasteiger partial charge on any atom is 0.258 e. The number of aromatic nitrogens is 3. The lowest BCUT2D eigenvalue weighted by molar-refractivity contribution is -0.137. The Morgan fingerprint density at radius 2 is 2.00 bits per heavy atom. The summed E-state index contributed by atoms with van der Waals surface area (Å²) in [6.45, 7) is 3.67. The van der Waals surface area contributed by atoms with Crippen molar-refractivity contribution in [2.45, 2.75) is 50.9 Å². The maximum absolute atomic E-state index is 12.8. The third-order valence-corrected chi connectivity index (χ3v) is 5.61. The van der Waals surface area contributed by atoms with Crippen molar-refractivity contribution in [1.82, 2.24) is 20.0 Å². The van der Waals surface area contributed by atoms with Gasteiger partial charge in [0.1, 0.15) is 0 Å². The number of rotatable bonds is 3. The van der Waals surface area contributed by atoms with Crippen molar-refractivity contribution >= 4 is 5.91 Å². The van der Waals surface area contributed by atoms with Crippen LogP contribution in [-0.4, -0.2) is 39.0 Å². The predicted molar refractivity (Wildman–Crippen MR) is 92.7 cm³/mol. The van der Waals surface area contributed by atoms with E-state index in [0.717, 1.165) is 37.8 Å². The van der Waals surface area contributed by atoms with Crippen molar-refractivity contribution in [3.05, 3.63) is 30.4 Å². The first-order valence-electron chi connectivity index (χ1n) is 9.19. The molecule has 25 heavy (non-hydrogen) atoms. The van der Waals surface area contributed by atoms with Crippen LogP contribution in [0.5, 0.6) is 0 Å². The van der Waals surface area contributed by atoms with Gasteiger partial charge in [-0.3, -0.25) is 9.78 Å². The molecule has 0 bridgehead atoms. The summed E-state index contributed by atoms with van der Waals surface area (Å²) in [5.41, 5.74) is 0.619. The summed E-state index contributed by atoms with van der Waals surface area (Å²) in [6, 6.07) is 3.72. The highest BCUT2D eigenvalue weighted by Gasteiger charge is 2.40. The van der Waals surface area contributed by atoms with E-state index < -0.39 is 0 Å². The number of amides is 1. The number of carbonyl (C=O) groups is 1. The monoisotopic (exact) mass is 340 g/mol. The van der Waals surface area contributed by atoms with E-state index in [1.807, 2.05) is 17.0 Å². The summed E-state index contributed by atoms with van der Waals surface area (Å²) < 4.78 is 5.47. The Morgan fingerprint density at radius 1 is 1.24 bits per heavy atom. The lowest BCUT2D eigenvalue weighted by atomic mass is 9.80. The fourth-order valence-electron chi connectivity index (χ4n) is 4.12. The minimum atomic E-state index is -0.249. The average Bonchev–Trinajstić information content (AvgIpc) is 3.34. The molecular weight excluding hydrogens is 316 g/mol. The lowest BCUT2D eigenvalue weighted by Crippen LogP contribution is -2.49. The van der Waals surface area contributed by atoms with Crippen LogP contribution in [0.3, 0.4) is 0 Å². The molecule has 132 valence electrons. The van der Waals surface area contributed by atoms with Gasteiger partial charge in [-0.15, -0.1) is 0 Å². The smallest absolute Gasteiger partial charge is 0.258 e. The molecule has 2 aliphatic rings. The van der Waals surface area contributed by atoms with E-state index in [9.17, 15) is 4.79 Å². The van der Waals surface area contributed by atoms with E-state index in [1.54, 1.807) is 12.4 Å². The lowest BCUT2D eigenvalue weighted by Gasteiger charge is -2.39. The largest absolute Gasteiger partial charge is 0.341 e. The average molecular weight is 340 g/mol. The first kappa shape index (κ1) is 16.2. The highest BCUT2D eigenvalue weighted by atomic mass is 16.5. The Morgan fingerprint density at radius 3 is 2.76 bits per heavy atom. The summed E-state index contributed by atoms with van der Waals surface area (Å²) in [6.07, 6.45) is 9.82. The number of carbonyl (C=O) groups excluding carboxylic acids is 1. The number of nitrogens with zero attached hydrogens (tertiary/aromatic N) is 4. The van der Waals surface area contributed by atoms with E-state index >= 15 is 0 Å². The van der Waals surface area contributed by atoms with Crippen LogP contribution in [0.15, 0.2) is 29.0 Å². The molecular formula is C19H24N4O2. The number of pyridine rings is 1. The second-order valence-electron chi connectivity index (χ2n) is 7.56. The minimum Gasteiger partial charge on any atom is -0.341 e. The van der Waals surface area contributed by atoms with Crippen LogP contribution in [0.2, 0.25) is 0 Å². The Balaban J connectivity index is 1.53. The molecule has 0 N–H and O–H groups in total. The highest BCUT2D eigenvalue weighted by molar-refractivity contribution is 5.79. The second kappa shape index (κ2) is 6.58. The van der Waals surface area contributed by atoms with Gasteiger partial charge in [-0.05, 0) is 37.8 Å². The SMILES string of the molecule is CC1(c2noc(-c3ccncc3)n2)CCCN(C(=O)C2CCCC2)C1. The maximum atomic E-state index is 12.8. The van der Waals surface area contributed by atoms with Crippen LogP contribution in [0.4, 0.5) is 0 Å². The van der Waals surface area contributed by atoms with Crippen LogP contribution >= 0.6 is 0 Å². The second-order valence-corrected chi connectivity index (χ2v) is 7.56. The van der Waals surface area contributed by atoms with Gasteiger partial charge in [0.05, 0.1) is 0 Å². The molecule has 1 unspecified atom stereocenters. The molecule has 6 nitrogen and oxygen atoms in total. The van der Waals surface area contributed by atoms with Crippen molar-refractivity contribution in [3.8, 4) is 11.5 Å². The zero-order chi connectivity index (χ0) is 17.3. The summed E-state index contributed by atoms with van der Waals surface area (Å²) in [5, 5.41) is 4.23. The molecule has 0 spiro atoms. The van der Waals surface area contributed by atoms with Crippen molar-refractivity contribution in [1.29, 1.82) is 0 Å². The highest BCUT2D eigenvalue weighted by Crippen LogP contribution is 2.35. The van der Waals surface area contributed by atoms with Gasteiger partial charge in [-0.1, -0.05) is 24.9 Å². The summed E-state index contributed by atoms with van der Waals surface area (Å²) in [4.78, 5) is 23.5. The fourth-order valence-corrected chi connectivity index (χ4v) is 4.12. The van der Waals surface area contributed by atoms with Gasteiger partial charge in [-0.25, -0.2) is 0 Å². The fraction of sp³-hybridized carbons (Fsp3) is 0.579. The number of piperidine rings is 1. The molecule has 0 radical (unpaired) electrons. The number of likely N-dealkylation sites (tertiary alicyclic amines) is 1. The van der Waals surface area contributed by atoms with E-state index in [-0.39, 0.29) is 11.3 Å².